The third kappa shape index (κ3) is 7.48. The summed E-state index contributed by atoms with van der Waals surface area (Å²) < 4.78 is 34.8. The number of ether oxygens (including phenoxy) is 3. The lowest BCUT2D eigenvalue weighted by molar-refractivity contribution is -0.136. The lowest BCUT2D eigenvalue weighted by Crippen LogP contribution is -2.45. The Bertz CT molecular complexity index is 1250. The van der Waals surface area contributed by atoms with E-state index < -0.39 is 35.0 Å². The highest BCUT2D eigenvalue weighted by molar-refractivity contribution is 7.98. The molecule has 1 atom stereocenters. The van der Waals surface area contributed by atoms with Crippen LogP contribution in [-0.4, -0.2) is 35.7 Å². The maximum absolute atomic E-state index is 13.1. The van der Waals surface area contributed by atoms with E-state index in [2.05, 4.69) is 5.32 Å². The van der Waals surface area contributed by atoms with Crippen molar-refractivity contribution in [3.8, 4) is 17.2 Å². The van der Waals surface area contributed by atoms with Gasteiger partial charge < -0.3 is 23.9 Å². The fourth-order valence-corrected chi connectivity index (χ4v) is 3.45. The average molecular weight is 504 g/mol. The van der Waals surface area contributed by atoms with Crippen molar-refractivity contribution in [2.75, 3.05) is 12.0 Å². The van der Waals surface area contributed by atoms with Crippen molar-refractivity contribution in [2.24, 2.45) is 0 Å². The molecule has 35 heavy (non-hydrogen) atoms. The Balaban J connectivity index is 1.75. The quantitative estimate of drug-likeness (QED) is 0.327. The Morgan fingerprint density at radius 2 is 1.80 bits per heavy atom. The minimum absolute atomic E-state index is 0.0763. The molecule has 8 nitrogen and oxygen atoms in total. The third-order valence-electron chi connectivity index (χ3n) is 4.56. The Morgan fingerprint density at radius 3 is 2.46 bits per heavy atom. The Kier molecular flexibility index (Phi) is 8.39. The van der Waals surface area contributed by atoms with E-state index in [9.17, 15) is 18.8 Å². The number of amides is 1. The van der Waals surface area contributed by atoms with Gasteiger partial charge in [0.25, 0.3) is 0 Å². The van der Waals surface area contributed by atoms with Crippen LogP contribution in [0.15, 0.2) is 57.9 Å². The van der Waals surface area contributed by atoms with Crippen LogP contribution in [0.5, 0.6) is 17.2 Å². The second kappa shape index (κ2) is 11.3. The summed E-state index contributed by atoms with van der Waals surface area (Å²) in [6.07, 6.45) is 2.63. The molecule has 0 aliphatic heterocycles. The first-order valence-electron chi connectivity index (χ1n) is 10.7. The maximum Gasteiger partial charge on any atom is 0.408 e. The number of halogens is 1. The average Bonchev–Trinajstić information content (AvgIpc) is 2.78. The molecule has 0 aliphatic rings. The summed E-state index contributed by atoms with van der Waals surface area (Å²) in [6, 6.07) is 8.56. The number of fused-ring (bicyclic) bond motifs is 1. The molecule has 0 fully saturated rings. The lowest BCUT2D eigenvalue weighted by atomic mass is 10.2. The minimum Gasteiger partial charge on any atom is -0.460 e. The van der Waals surface area contributed by atoms with Gasteiger partial charge in [-0.15, -0.1) is 0 Å². The van der Waals surface area contributed by atoms with Gasteiger partial charge in [0.15, 0.2) is 0 Å². The van der Waals surface area contributed by atoms with Crippen LogP contribution in [0, 0.1) is 5.82 Å². The van der Waals surface area contributed by atoms with Gasteiger partial charge >= 0.3 is 12.1 Å². The molecule has 0 saturated heterocycles. The predicted octanol–water partition coefficient (Wildman–Crippen LogP) is 5.28. The molecule has 0 saturated carbocycles. The Labute approximate surface area is 205 Å². The van der Waals surface area contributed by atoms with Gasteiger partial charge in [-0.25, -0.2) is 14.0 Å². The van der Waals surface area contributed by atoms with Crippen LogP contribution in [0.25, 0.3) is 11.0 Å². The van der Waals surface area contributed by atoms with Gasteiger partial charge in [0.1, 0.15) is 40.8 Å². The zero-order valence-electron chi connectivity index (χ0n) is 19.8. The number of hydrogen-bond acceptors (Lipinski definition) is 8. The largest absolute Gasteiger partial charge is 0.460 e. The molecule has 0 radical (unpaired) electrons. The molecule has 3 rings (SSSR count). The van der Waals surface area contributed by atoms with Gasteiger partial charge in [-0.05, 0) is 75.6 Å². The first kappa shape index (κ1) is 26.1. The van der Waals surface area contributed by atoms with Crippen LogP contribution < -0.4 is 20.2 Å². The third-order valence-corrected chi connectivity index (χ3v) is 5.20. The van der Waals surface area contributed by atoms with Gasteiger partial charge in [0.2, 0.25) is 11.2 Å². The number of carbonyl (C=O) groups excluding carboxylic acids is 2. The molecule has 0 unspecified atom stereocenters. The van der Waals surface area contributed by atoms with E-state index in [0.29, 0.717) is 12.2 Å². The highest BCUT2D eigenvalue weighted by atomic mass is 32.2. The standard InChI is InChI=1S/C25H26FNO7S/c1-25(2,3)34-24(30)27-19(11-12-35-4)23(29)33-17-9-10-18-20(13-17)31-14-21(22(18)28)32-16-7-5-15(26)6-8-16/h5-10,13-14,19H,11-12H2,1-4H3,(H,27,30)/t19-/m0/s1. The van der Waals surface area contributed by atoms with E-state index >= 15 is 0 Å². The second-order valence-corrected chi connectivity index (χ2v) is 9.53. The molecular weight excluding hydrogens is 477 g/mol. The fraction of sp³-hybridized carbons (Fsp3) is 0.320. The first-order valence-corrected chi connectivity index (χ1v) is 12.1. The fourth-order valence-electron chi connectivity index (χ4n) is 2.98. The molecule has 1 heterocycles. The molecule has 1 amide bonds. The van der Waals surface area contributed by atoms with E-state index in [1.807, 2.05) is 6.26 Å². The molecule has 0 aliphatic carbocycles. The van der Waals surface area contributed by atoms with Crippen LogP contribution in [0.3, 0.4) is 0 Å². The molecule has 1 aromatic heterocycles. The number of benzene rings is 2. The molecule has 1 N–H and O–H groups in total. The van der Waals surface area contributed by atoms with Crippen LogP contribution in [0.1, 0.15) is 27.2 Å². The van der Waals surface area contributed by atoms with Crippen LogP contribution >= 0.6 is 11.8 Å². The Hall–Kier alpha value is -3.53. The summed E-state index contributed by atoms with van der Waals surface area (Å²) >= 11 is 1.52. The lowest BCUT2D eigenvalue weighted by Gasteiger charge is -2.22. The first-order chi connectivity index (χ1) is 16.6. The van der Waals surface area contributed by atoms with Gasteiger partial charge in [0.05, 0.1) is 5.39 Å². The molecule has 0 bridgehead atoms. The number of rotatable bonds is 8. The zero-order chi connectivity index (χ0) is 25.6. The smallest absolute Gasteiger partial charge is 0.408 e. The van der Waals surface area contributed by atoms with E-state index in [1.54, 1.807) is 20.8 Å². The van der Waals surface area contributed by atoms with Crippen molar-refractivity contribution in [1.29, 1.82) is 0 Å². The number of carbonyl (C=O) groups is 2. The summed E-state index contributed by atoms with van der Waals surface area (Å²) in [5.41, 5.74) is -0.988. The van der Waals surface area contributed by atoms with E-state index in [4.69, 9.17) is 18.6 Å². The monoisotopic (exact) mass is 503 g/mol. The van der Waals surface area contributed by atoms with E-state index in [1.165, 1.54) is 54.2 Å². The van der Waals surface area contributed by atoms with Crippen LogP contribution in [0.4, 0.5) is 9.18 Å². The van der Waals surface area contributed by atoms with Crippen molar-refractivity contribution < 1.29 is 32.6 Å². The molecule has 0 spiro atoms. The molecule has 2 aromatic carbocycles. The topological polar surface area (TPSA) is 104 Å². The molecule has 3 aromatic rings. The van der Waals surface area contributed by atoms with E-state index in [0.717, 1.165) is 6.26 Å². The Morgan fingerprint density at radius 1 is 1.11 bits per heavy atom. The van der Waals surface area contributed by atoms with Crippen LogP contribution in [0.2, 0.25) is 0 Å². The summed E-state index contributed by atoms with van der Waals surface area (Å²) in [7, 11) is 0. The van der Waals surface area contributed by atoms with Gasteiger partial charge in [0, 0.05) is 6.07 Å². The SMILES string of the molecule is CSCC[C@H](NC(=O)OC(C)(C)C)C(=O)Oc1ccc2c(=O)c(Oc3ccc(F)cc3)coc2c1. The van der Waals surface area contributed by atoms with Gasteiger partial charge in [-0.1, -0.05) is 0 Å². The predicted molar refractivity (Wildman–Crippen MR) is 131 cm³/mol. The van der Waals surface area contributed by atoms with Gasteiger partial charge in [-0.3, -0.25) is 4.79 Å². The number of alkyl carbamates (subject to hydrolysis) is 1. The highest BCUT2D eigenvalue weighted by Gasteiger charge is 2.26. The maximum atomic E-state index is 13.1. The van der Waals surface area contributed by atoms with Crippen molar-refractivity contribution in [3.05, 3.63) is 64.8 Å². The van der Waals surface area contributed by atoms with Crippen LogP contribution in [-0.2, 0) is 9.53 Å². The minimum atomic E-state index is -0.925. The number of hydrogen-bond donors (Lipinski definition) is 1. The zero-order valence-corrected chi connectivity index (χ0v) is 20.6. The van der Waals surface area contributed by atoms with E-state index in [-0.39, 0.29) is 28.2 Å². The van der Waals surface area contributed by atoms with Crippen molar-refractivity contribution >= 4 is 34.8 Å². The van der Waals surface area contributed by atoms with Crippen molar-refractivity contribution in [2.45, 2.75) is 38.8 Å². The number of nitrogens with one attached hydrogen (secondary N) is 1. The number of thioether (sulfide) groups is 1. The molecular formula is C25H26FNO7S. The van der Waals surface area contributed by atoms with Crippen molar-refractivity contribution in [3.63, 3.8) is 0 Å². The molecule has 10 heteroatoms. The summed E-state index contributed by atoms with van der Waals surface area (Å²) in [5, 5.41) is 2.75. The summed E-state index contributed by atoms with van der Waals surface area (Å²) in [6.45, 7) is 5.17. The van der Waals surface area contributed by atoms with Gasteiger partial charge in [-0.2, -0.15) is 11.8 Å². The van der Waals surface area contributed by atoms with Crippen molar-refractivity contribution in [1.82, 2.24) is 5.32 Å². The number of esters is 1. The second-order valence-electron chi connectivity index (χ2n) is 8.54. The summed E-state index contributed by atoms with van der Waals surface area (Å²) in [5.74, 6) is -0.161. The highest BCUT2D eigenvalue weighted by Crippen LogP contribution is 2.24. The normalized spacial score (nSPS) is 12.1. The molecule has 186 valence electrons. The summed E-state index contributed by atoms with van der Waals surface area (Å²) in [4.78, 5) is 37.7.